The van der Waals surface area contributed by atoms with Gasteiger partial charge in [0.25, 0.3) is 5.60 Å². The number of esters is 2. The van der Waals surface area contributed by atoms with E-state index in [2.05, 4.69) is 4.74 Å². The van der Waals surface area contributed by atoms with Gasteiger partial charge in [-0.1, -0.05) is 0 Å². The van der Waals surface area contributed by atoms with E-state index < -0.39 is 53.2 Å². The van der Waals surface area contributed by atoms with Crippen LogP contribution in [0.3, 0.4) is 0 Å². The van der Waals surface area contributed by atoms with E-state index in [0.29, 0.717) is 0 Å². The Bertz CT molecular complexity index is 600. The molecule has 0 amide bonds. The van der Waals surface area contributed by atoms with Gasteiger partial charge in [0.05, 0.1) is 13.7 Å². The van der Waals surface area contributed by atoms with Gasteiger partial charge in [0.2, 0.25) is 11.9 Å². The molecule has 3 heterocycles. The molecular weight excluding hydrogens is 324 g/mol. The van der Waals surface area contributed by atoms with Gasteiger partial charge in [-0.15, -0.1) is 0 Å². The van der Waals surface area contributed by atoms with Crippen LogP contribution in [0.1, 0.15) is 27.7 Å². The number of ketones is 1. The van der Waals surface area contributed by atoms with Crippen molar-refractivity contribution in [3.05, 3.63) is 0 Å². The minimum atomic E-state index is -2.28. The maximum atomic E-state index is 13.0. The number of hydrogen-bond donors (Lipinski definition) is 0. The van der Waals surface area contributed by atoms with Crippen LogP contribution in [0, 0.1) is 0 Å². The second kappa shape index (κ2) is 5.22. The van der Waals surface area contributed by atoms with E-state index in [9.17, 15) is 14.4 Å². The first-order valence-corrected chi connectivity index (χ1v) is 7.64. The number of ether oxygens (including phenoxy) is 6. The topological polar surface area (TPSA) is 107 Å². The van der Waals surface area contributed by atoms with E-state index in [0.717, 1.165) is 7.11 Å². The average molecular weight is 344 g/mol. The molecule has 3 aliphatic heterocycles. The van der Waals surface area contributed by atoms with Gasteiger partial charge < -0.3 is 28.4 Å². The maximum Gasteiger partial charge on any atom is 0.349 e. The lowest BCUT2D eigenvalue weighted by molar-refractivity contribution is -0.260. The van der Waals surface area contributed by atoms with E-state index in [1.807, 2.05) is 0 Å². The summed E-state index contributed by atoms with van der Waals surface area (Å²) >= 11 is 0. The first-order chi connectivity index (χ1) is 11.1. The van der Waals surface area contributed by atoms with Crippen molar-refractivity contribution in [2.75, 3.05) is 13.7 Å². The molecule has 0 radical (unpaired) electrons. The molecule has 3 aliphatic rings. The van der Waals surface area contributed by atoms with Crippen LogP contribution in [0.25, 0.3) is 0 Å². The zero-order valence-corrected chi connectivity index (χ0v) is 14.1. The zero-order valence-electron chi connectivity index (χ0n) is 14.1. The van der Waals surface area contributed by atoms with Gasteiger partial charge in [-0.25, -0.2) is 9.59 Å². The van der Waals surface area contributed by atoms with Crippen molar-refractivity contribution in [2.45, 2.75) is 63.2 Å². The van der Waals surface area contributed by atoms with Gasteiger partial charge in [-0.2, -0.15) is 0 Å². The molecule has 0 aromatic rings. The summed E-state index contributed by atoms with van der Waals surface area (Å²) in [7, 11) is 1.12. The average Bonchev–Trinajstić information content (AvgIpc) is 3.00. The Labute approximate surface area is 138 Å². The summed E-state index contributed by atoms with van der Waals surface area (Å²) in [6.07, 6.45) is -3.66. The lowest BCUT2D eigenvalue weighted by Gasteiger charge is -2.38. The Kier molecular flexibility index (Phi) is 3.76. The third-order valence-electron chi connectivity index (χ3n) is 4.32. The number of carbonyl (C=O) groups excluding carboxylic acids is 3. The number of hydrogen-bond acceptors (Lipinski definition) is 9. The van der Waals surface area contributed by atoms with E-state index in [1.54, 1.807) is 20.8 Å². The Morgan fingerprint density at radius 3 is 2.42 bits per heavy atom. The Morgan fingerprint density at radius 2 is 1.83 bits per heavy atom. The molecular formula is C15H20O9. The summed E-state index contributed by atoms with van der Waals surface area (Å²) in [6, 6.07) is 0. The maximum absolute atomic E-state index is 13.0. The van der Waals surface area contributed by atoms with Gasteiger partial charge in [0.15, 0.2) is 17.7 Å². The summed E-state index contributed by atoms with van der Waals surface area (Å²) in [5.74, 6) is -5.32. The molecule has 3 fully saturated rings. The molecule has 3 rings (SSSR count). The van der Waals surface area contributed by atoms with Crippen molar-refractivity contribution in [3.63, 3.8) is 0 Å². The number of carbonyl (C=O) groups is 3. The van der Waals surface area contributed by atoms with Crippen molar-refractivity contribution >= 4 is 17.7 Å². The third-order valence-corrected chi connectivity index (χ3v) is 4.32. The molecule has 1 unspecified atom stereocenters. The highest BCUT2D eigenvalue weighted by Crippen LogP contribution is 2.52. The predicted molar refractivity (Wildman–Crippen MR) is 74.6 cm³/mol. The normalized spacial score (nSPS) is 42.5. The second-order valence-corrected chi connectivity index (χ2v) is 6.44. The van der Waals surface area contributed by atoms with Crippen LogP contribution < -0.4 is 0 Å². The van der Waals surface area contributed by atoms with Crippen LogP contribution in [0.15, 0.2) is 0 Å². The molecule has 0 aliphatic carbocycles. The SMILES string of the molecule is CCOC(=O)[C@@]12O[C@@](C)(O[C@@H]1C(=O)OC)[C@@H]1OC(C)(C)OC1C2=O. The van der Waals surface area contributed by atoms with Gasteiger partial charge in [-0.05, 0) is 27.7 Å². The molecule has 0 saturated carbocycles. The lowest BCUT2D eigenvalue weighted by Crippen LogP contribution is -2.67. The third kappa shape index (κ3) is 2.12. The zero-order chi connectivity index (χ0) is 17.9. The molecule has 0 spiro atoms. The summed E-state index contributed by atoms with van der Waals surface area (Å²) in [6.45, 7) is 6.32. The lowest BCUT2D eigenvalue weighted by atomic mass is 9.84. The minimum Gasteiger partial charge on any atom is -0.467 e. The largest absolute Gasteiger partial charge is 0.467 e. The molecule has 134 valence electrons. The van der Waals surface area contributed by atoms with Crippen molar-refractivity contribution in [1.82, 2.24) is 0 Å². The molecule has 2 bridgehead atoms. The van der Waals surface area contributed by atoms with Crippen LogP contribution in [0.4, 0.5) is 0 Å². The Morgan fingerprint density at radius 1 is 1.17 bits per heavy atom. The second-order valence-electron chi connectivity index (χ2n) is 6.44. The summed E-state index contributed by atoms with van der Waals surface area (Å²) < 4.78 is 32.3. The molecule has 5 atom stereocenters. The minimum absolute atomic E-state index is 0.00121. The molecule has 0 aromatic heterocycles. The van der Waals surface area contributed by atoms with Crippen LogP contribution in [0.2, 0.25) is 0 Å². The standard InChI is InChI=1S/C15H20O9/c1-6-20-12(18)15-8(16)7-9(22-13(2,3)21-7)14(4,24-15)23-10(15)11(17)19-5/h7,9-10H,6H2,1-5H3/t7?,9-,10-,14-,15+/m1/s1. The first-order valence-electron chi connectivity index (χ1n) is 7.64. The van der Waals surface area contributed by atoms with Crippen molar-refractivity contribution in [2.24, 2.45) is 0 Å². The van der Waals surface area contributed by atoms with E-state index in [4.69, 9.17) is 23.7 Å². The van der Waals surface area contributed by atoms with Crippen molar-refractivity contribution < 1.29 is 42.8 Å². The highest BCUT2D eigenvalue weighted by atomic mass is 16.8. The fraction of sp³-hybridized carbons (Fsp3) is 0.800. The highest BCUT2D eigenvalue weighted by molar-refractivity contribution is 6.14. The molecule has 24 heavy (non-hydrogen) atoms. The van der Waals surface area contributed by atoms with Gasteiger partial charge in [0.1, 0.15) is 6.10 Å². The molecule has 0 aromatic carbocycles. The number of fused-ring (bicyclic) bond motifs is 4. The summed E-state index contributed by atoms with van der Waals surface area (Å²) in [5, 5.41) is 0. The van der Waals surface area contributed by atoms with Gasteiger partial charge in [-0.3, -0.25) is 4.79 Å². The van der Waals surface area contributed by atoms with Crippen LogP contribution >= 0.6 is 0 Å². The van der Waals surface area contributed by atoms with Crippen LogP contribution in [-0.2, 0) is 42.8 Å². The van der Waals surface area contributed by atoms with Crippen molar-refractivity contribution in [3.8, 4) is 0 Å². The molecule has 3 saturated heterocycles. The fourth-order valence-electron chi connectivity index (χ4n) is 3.37. The molecule has 9 heteroatoms. The van der Waals surface area contributed by atoms with Crippen LogP contribution in [0.5, 0.6) is 0 Å². The van der Waals surface area contributed by atoms with E-state index >= 15 is 0 Å². The Balaban J connectivity index is 2.10. The highest BCUT2D eigenvalue weighted by Gasteiger charge is 2.78. The Hall–Kier alpha value is -1.55. The van der Waals surface area contributed by atoms with E-state index in [1.165, 1.54) is 6.92 Å². The number of rotatable bonds is 3. The number of Topliss-reactive ketones (excluding diaryl/α,β-unsaturated/α-hetero) is 1. The molecule has 9 nitrogen and oxygen atoms in total. The van der Waals surface area contributed by atoms with Crippen molar-refractivity contribution in [1.29, 1.82) is 0 Å². The first kappa shape index (κ1) is 17.3. The smallest absolute Gasteiger partial charge is 0.349 e. The van der Waals surface area contributed by atoms with Crippen LogP contribution in [-0.4, -0.2) is 66.9 Å². The monoisotopic (exact) mass is 344 g/mol. The quantitative estimate of drug-likeness (QED) is 0.503. The summed E-state index contributed by atoms with van der Waals surface area (Å²) in [5.41, 5.74) is -2.28. The fourth-order valence-corrected chi connectivity index (χ4v) is 3.37. The summed E-state index contributed by atoms with van der Waals surface area (Å²) in [4.78, 5) is 37.7. The van der Waals surface area contributed by atoms with Gasteiger partial charge >= 0.3 is 11.9 Å². The van der Waals surface area contributed by atoms with E-state index in [-0.39, 0.29) is 6.61 Å². The van der Waals surface area contributed by atoms with Gasteiger partial charge in [0, 0.05) is 0 Å². The predicted octanol–water partition coefficient (Wildman–Crippen LogP) is -0.304. The molecule has 0 N–H and O–H groups in total. The number of methoxy groups -OCH3 is 1.